The van der Waals surface area contributed by atoms with Gasteiger partial charge in [-0.05, 0) is 39.9 Å². The fraction of sp³-hybridized carbons (Fsp3) is 0.917. The number of rotatable bonds is 3. The molecule has 0 unspecified atom stereocenters. The van der Waals surface area contributed by atoms with Crippen LogP contribution in [-0.4, -0.2) is 54.6 Å². The lowest BCUT2D eigenvalue weighted by molar-refractivity contribution is -0.167. The third kappa shape index (κ3) is 4.77. The van der Waals surface area contributed by atoms with E-state index in [1.807, 2.05) is 0 Å². The smallest absolute Gasteiger partial charge is 0.169 e. The normalized spacial score (nSPS) is 22.3. The maximum absolute atomic E-state index is 6.01. The summed E-state index contributed by atoms with van der Waals surface area (Å²) in [5, 5.41) is 3.99. The number of methoxy groups -OCH3 is 1. The molecule has 0 aromatic rings. The van der Waals surface area contributed by atoms with Crippen molar-refractivity contribution < 1.29 is 9.47 Å². The second-order valence-electron chi connectivity index (χ2n) is 5.70. The van der Waals surface area contributed by atoms with Crippen molar-refractivity contribution in [2.24, 2.45) is 0 Å². The highest BCUT2D eigenvalue weighted by molar-refractivity contribution is 7.80. The summed E-state index contributed by atoms with van der Waals surface area (Å²) in [7, 11) is 1.69. The lowest BCUT2D eigenvalue weighted by Crippen LogP contribution is -2.60. The van der Waals surface area contributed by atoms with Gasteiger partial charge >= 0.3 is 0 Å². The van der Waals surface area contributed by atoms with Gasteiger partial charge in [0.1, 0.15) is 0 Å². The molecule has 1 saturated heterocycles. The average molecular weight is 260 g/mol. The van der Waals surface area contributed by atoms with Crippen LogP contribution in [0.2, 0.25) is 0 Å². The highest BCUT2D eigenvalue weighted by Gasteiger charge is 2.38. The summed E-state index contributed by atoms with van der Waals surface area (Å²) < 4.78 is 11.0. The van der Waals surface area contributed by atoms with Crippen LogP contribution in [0, 0.1) is 0 Å². The zero-order chi connectivity index (χ0) is 13.1. The van der Waals surface area contributed by atoms with Crippen LogP contribution in [0.4, 0.5) is 0 Å². The van der Waals surface area contributed by atoms with Crippen molar-refractivity contribution >= 4 is 17.3 Å². The highest BCUT2D eigenvalue weighted by Crippen LogP contribution is 2.27. The maximum Gasteiger partial charge on any atom is 0.169 e. The van der Waals surface area contributed by atoms with Crippen molar-refractivity contribution in [1.29, 1.82) is 0 Å². The minimum Gasteiger partial charge on any atom is -0.383 e. The number of ether oxygens (including phenoxy) is 2. The Kier molecular flexibility index (Phi) is 4.75. The molecule has 0 amide bonds. The number of nitrogens with one attached hydrogen (secondary N) is 1. The number of thiocarbonyl (C=S) groups is 1. The lowest BCUT2D eigenvalue weighted by atomic mass is 9.99. The van der Waals surface area contributed by atoms with E-state index in [-0.39, 0.29) is 11.2 Å². The second kappa shape index (κ2) is 5.50. The third-order valence-electron chi connectivity index (χ3n) is 2.57. The number of morpholine rings is 1. The summed E-state index contributed by atoms with van der Waals surface area (Å²) in [6.07, 6.45) is 0. The van der Waals surface area contributed by atoms with Gasteiger partial charge in [-0.25, -0.2) is 0 Å². The molecule has 0 spiro atoms. The molecule has 0 saturated carbocycles. The Hall–Kier alpha value is -0.390. The Morgan fingerprint density at radius 2 is 1.82 bits per heavy atom. The van der Waals surface area contributed by atoms with E-state index < -0.39 is 0 Å². The molecule has 0 aliphatic carbocycles. The summed E-state index contributed by atoms with van der Waals surface area (Å²) in [5.74, 6) is 0. The van der Waals surface area contributed by atoms with E-state index in [1.54, 1.807) is 7.11 Å². The molecule has 4 nitrogen and oxygen atoms in total. The standard InChI is InChI=1S/C12H24N2O2S/c1-11(2)8-14(9-12(3,4)16-11)10(17)13-6-7-15-5/h6-9H2,1-5H3,(H,13,17). The van der Waals surface area contributed by atoms with Crippen LogP contribution in [0.25, 0.3) is 0 Å². The van der Waals surface area contributed by atoms with Gasteiger partial charge in [-0.15, -0.1) is 0 Å². The summed E-state index contributed by atoms with van der Waals surface area (Å²) in [4.78, 5) is 2.18. The van der Waals surface area contributed by atoms with Gasteiger partial charge in [0.15, 0.2) is 5.11 Å². The Morgan fingerprint density at radius 3 is 2.29 bits per heavy atom. The van der Waals surface area contributed by atoms with Crippen LogP contribution in [0.1, 0.15) is 27.7 Å². The van der Waals surface area contributed by atoms with E-state index in [4.69, 9.17) is 21.7 Å². The molecular formula is C12H24N2O2S. The first-order valence-corrected chi connectivity index (χ1v) is 6.38. The molecule has 1 N–H and O–H groups in total. The van der Waals surface area contributed by atoms with Crippen molar-refractivity contribution in [3.63, 3.8) is 0 Å². The minimum absolute atomic E-state index is 0.172. The van der Waals surface area contributed by atoms with Crippen LogP contribution < -0.4 is 5.32 Å². The quantitative estimate of drug-likeness (QED) is 0.613. The van der Waals surface area contributed by atoms with Crippen molar-refractivity contribution in [1.82, 2.24) is 10.2 Å². The molecule has 0 radical (unpaired) electrons. The molecule has 5 heteroatoms. The molecule has 1 fully saturated rings. The van der Waals surface area contributed by atoms with E-state index in [9.17, 15) is 0 Å². The summed E-state index contributed by atoms with van der Waals surface area (Å²) >= 11 is 5.40. The van der Waals surface area contributed by atoms with E-state index in [2.05, 4.69) is 37.9 Å². The van der Waals surface area contributed by atoms with Gasteiger partial charge in [-0.3, -0.25) is 0 Å². The van der Waals surface area contributed by atoms with Gasteiger partial charge in [0.25, 0.3) is 0 Å². The van der Waals surface area contributed by atoms with Gasteiger partial charge in [0.2, 0.25) is 0 Å². The SMILES string of the molecule is COCCNC(=S)N1CC(C)(C)OC(C)(C)C1. The van der Waals surface area contributed by atoms with Gasteiger partial charge in [0, 0.05) is 26.7 Å². The zero-order valence-corrected chi connectivity index (χ0v) is 12.3. The van der Waals surface area contributed by atoms with Gasteiger partial charge in [-0.1, -0.05) is 0 Å². The Morgan fingerprint density at radius 1 is 1.29 bits per heavy atom. The molecule has 0 bridgehead atoms. The van der Waals surface area contributed by atoms with Crippen molar-refractivity contribution in [3.8, 4) is 0 Å². The molecule has 0 aromatic carbocycles. The lowest BCUT2D eigenvalue weighted by Gasteiger charge is -2.48. The van der Waals surface area contributed by atoms with Gasteiger partial charge in [-0.2, -0.15) is 0 Å². The van der Waals surface area contributed by atoms with E-state index in [0.717, 1.165) is 24.7 Å². The molecule has 17 heavy (non-hydrogen) atoms. The van der Waals surface area contributed by atoms with E-state index in [0.29, 0.717) is 6.61 Å². The Bertz CT molecular complexity index is 264. The van der Waals surface area contributed by atoms with Crippen LogP contribution in [0.3, 0.4) is 0 Å². The van der Waals surface area contributed by atoms with Crippen molar-refractivity contribution in [3.05, 3.63) is 0 Å². The van der Waals surface area contributed by atoms with Crippen LogP contribution >= 0.6 is 12.2 Å². The first-order chi connectivity index (χ1) is 7.76. The molecule has 0 atom stereocenters. The number of hydrogen-bond acceptors (Lipinski definition) is 3. The van der Waals surface area contributed by atoms with Gasteiger partial charge < -0.3 is 19.7 Å². The van der Waals surface area contributed by atoms with Crippen LogP contribution in [-0.2, 0) is 9.47 Å². The molecule has 1 heterocycles. The van der Waals surface area contributed by atoms with E-state index in [1.165, 1.54) is 0 Å². The molecule has 1 aliphatic rings. The highest BCUT2D eigenvalue weighted by atomic mass is 32.1. The number of hydrogen-bond donors (Lipinski definition) is 1. The first-order valence-electron chi connectivity index (χ1n) is 5.98. The fourth-order valence-corrected chi connectivity index (χ4v) is 2.53. The molecule has 0 aromatic heterocycles. The summed E-state index contributed by atoms with van der Waals surface area (Å²) in [5.41, 5.74) is -0.344. The maximum atomic E-state index is 6.01. The van der Waals surface area contributed by atoms with E-state index >= 15 is 0 Å². The largest absolute Gasteiger partial charge is 0.383 e. The fourth-order valence-electron chi connectivity index (χ4n) is 2.30. The summed E-state index contributed by atoms with van der Waals surface area (Å²) in [6, 6.07) is 0. The predicted molar refractivity (Wildman–Crippen MR) is 73.3 cm³/mol. The van der Waals surface area contributed by atoms with Crippen molar-refractivity contribution in [2.75, 3.05) is 33.4 Å². The molecule has 1 aliphatic heterocycles. The number of nitrogens with zero attached hydrogens (tertiary/aromatic N) is 1. The van der Waals surface area contributed by atoms with Crippen molar-refractivity contribution in [2.45, 2.75) is 38.9 Å². The Balaban J connectivity index is 2.55. The Labute approximate surface area is 110 Å². The predicted octanol–water partition coefficient (Wildman–Crippen LogP) is 1.40. The van der Waals surface area contributed by atoms with Crippen LogP contribution in [0.5, 0.6) is 0 Å². The zero-order valence-electron chi connectivity index (χ0n) is 11.5. The molecule has 100 valence electrons. The monoisotopic (exact) mass is 260 g/mol. The molecular weight excluding hydrogens is 236 g/mol. The topological polar surface area (TPSA) is 33.7 Å². The minimum atomic E-state index is -0.172. The first kappa shape index (κ1) is 14.7. The molecule has 1 rings (SSSR count). The average Bonchev–Trinajstić information content (AvgIpc) is 2.13. The van der Waals surface area contributed by atoms with Crippen LogP contribution in [0.15, 0.2) is 0 Å². The third-order valence-corrected chi connectivity index (χ3v) is 2.97. The summed E-state index contributed by atoms with van der Waals surface area (Å²) in [6.45, 7) is 11.4. The second-order valence-corrected chi connectivity index (χ2v) is 6.09. The van der Waals surface area contributed by atoms with Gasteiger partial charge in [0.05, 0.1) is 17.8 Å².